The summed E-state index contributed by atoms with van der Waals surface area (Å²) in [5.41, 5.74) is -0.856. The van der Waals surface area contributed by atoms with Crippen molar-refractivity contribution in [3.63, 3.8) is 0 Å². The van der Waals surface area contributed by atoms with Gasteiger partial charge in [0.1, 0.15) is 6.10 Å². The van der Waals surface area contributed by atoms with Gasteiger partial charge in [0, 0.05) is 25.2 Å². The van der Waals surface area contributed by atoms with Crippen molar-refractivity contribution in [2.24, 2.45) is 5.92 Å². The van der Waals surface area contributed by atoms with E-state index in [9.17, 15) is 26.4 Å². The van der Waals surface area contributed by atoms with Crippen molar-refractivity contribution in [2.75, 3.05) is 24.6 Å². The molecule has 0 spiro atoms. The zero-order valence-electron chi connectivity index (χ0n) is 13.2. The standard InChI is InChI=1S/C15H17F3N2O4S/c16-15(17,18)11-1-2-13(19-7-11)24-12-3-5-20(8-12)14(21)10-4-6-25(22,23)9-10/h1-2,7,10,12H,3-6,8-9H2/t10-,12-/m0/s1. The van der Waals surface area contributed by atoms with Gasteiger partial charge in [0.05, 0.1) is 29.5 Å². The number of alkyl halides is 3. The lowest BCUT2D eigenvalue weighted by Crippen LogP contribution is -2.36. The van der Waals surface area contributed by atoms with Crippen molar-refractivity contribution < 1.29 is 31.1 Å². The molecule has 1 amide bonds. The number of carbonyl (C=O) groups is 1. The van der Waals surface area contributed by atoms with Crippen LogP contribution in [0.4, 0.5) is 13.2 Å². The fourth-order valence-corrected chi connectivity index (χ4v) is 4.79. The van der Waals surface area contributed by atoms with Crippen molar-refractivity contribution in [2.45, 2.75) is 25.1 Å². The minimum Gasteiger partial charge on any atom is -0.472 e. The third kappa shape index (κ3) is 4.23. The molecule has 0 saturated carbocycles. The van der Waals surface area contributed by atoms with E-state index in [1.54, 1.807) is 4.90 Å². The SMILES string of the molecule is O=C([C@H]1CCS(=O)(=O)C1)N1CC[C@H](Oc2ccc(C(F)(F)F)cn2)C1. The monoisotopic (exact) mass is 378 g/mol. The van der Waals surface area contributed by atoms with Gasteiger partial charge in [-0.1, -0.05) is 0 Å². The number of rotatable bonds is 3. The number of aromatic nitrogens is 1. The summed E-state index contributed by atoms with van der Waals surface area (Å²) in [4.78, 5) is 17.6. The second kappa shape index (κ2) is 6.47. The molecule has 0 aromatic carbocycles. The third-order valence-electron chi connectivity index (χ3n) is 4.39. The Morgan fingerprint density at radius 1 is 1.28 bits per heavy atom. The summed E-state index contributed by atoms with van der Waals surface area (Å²) in [5.74, 6) is -0.725. The van der Waals surface area contributed by atoms with E-state index < -0.39 is 27.5 Å². The number of likely N-dealkylation sites (tertiary alicyclic amines) is 1. The van der Waals surface area contributed by atoms with Gasteiger partial charge in [0.2, 0.25) is 11.8 Å². The number of halogens is 3. The fraction of sp³-hybridized carbons (Fsp3) is 0.600. The lowest BCUT2D eigenvalue weighted by Gasteiger charge is -2.20. The maximum Gasteiger partial charge on any atom is 0.417 e. The molecule has 0 N–H and O–H groups in total. The van der Waals surface area contributed by atoms with Crippen molar-refractivity contribution in [1.29, 1.82) is 0 Å². The quantitative estimate of drug-likeness (QED) is 0.797. The van der Waals surface area contributed by atoms with Gasteiger partial charge in [0.15, 0.2) is 9.84 Å². The average Bonchev–Trinajstić information content (AvgIpc) is 3.13. The Kier molecular flexibility index (Phi) is 4.65. The van der Waals surface area contributed by atoms with E-state index in [2.05, 4.69) is 4.98 Å². The first kappa shape index (κ1) is 18.0. The minimum absolute atomic E-state index is 0.0344. The molecular weight excluding hydrogens is 361 g/mol. The highest BCUT2D eigenvalue weighted by atomic mass is 32.2. The second-order valence-corrected chi connectivity index (χ2v) is 8.52. The zero-order valence-corrected chi connectivity index (χ0v) is 14.0. The average molecular weight is 378 g/mol. The Hall–Kier alpha value is -1.84. The number of amides is 1. The summed E-state index contributed by atoms with van der Waals surface area (Å²) < 4.78 is 66.0. The Morgan fingerprint density at radius 3 is 2.60 bits per heavy atom. The summed E-state index contributed by atoms with van der Waals surface area (Å²) in [5, 5.41) is 0. The van der Waals surface area contributed by atoms with Crippen molar-refractivity contribution in [1.82, 2.24) is 9.88 Å². The van der Waals surface area contributed by atoms with Crippen LogP contribution in [-0.4, -0.2) is 54.9 Å². The van der Waals surface area contributed by atoms with Gasteiger partial charge >= 0.3 is 6.18 Å². The summed E-state index contributed by atoms with van der Waals surface area (Å²) in [6.45, 7) is 0.707. The summed E-state index contributed by atoms with van der Waals surface area (Å²) >= 11 is 0. The second-order valence-electron chi connectivity index (χ2n) is 6.30. The van der Waals surface area contributed by atoms with Crippen LogP contribution >= 0.6 is 0 Å². The number of carbonyl (C=O) groups excluding carboxylic acids is 1. The summed E-state index contributed by atoms with van der Waals surface area (Å²) in [6, 6.07) is 2.04. The predicted molar refractivity (Wildman–Crippen MR) is 81.6 cm³/mol. The molecular formula is C15H17F3N2O4S. The van der Waals surface area contributed by atoms with Crippen molar-refractivity contribution in [3.8, 4) is 5.88 Å². The maximum atomic E-state index is 12.5. The van der Waals surface area contributed by atoms with Gasteiger partial charge in [-0.3, -0.25) is 4.79 Å². The molecule has 0 unspecified atom stereocenters. The Morgan fingerprint density at radius 2 is 2.04 bits per heavy atom. The van der Waals surface area contributed by atoms with Crippen LogP contribution in [0.15, 0.2) is 18.3 Å². The van der Waals surface area contributed by atoms with Crippen LogP contribution in [0.25, 0.3) is 0 Å². The van der Waals surface area contributed by atoms with Crippen LogP contribution in [0.5, 0.6) is 5.88 Å². The maximum absolute atomic E-state index is 12.5. The molecule has 25 heavy (non-hydrogen) atoms. The minimum atomic E-state index is -4.45. The highest BCUT2D eigenvalue weighted by molar-refractivity contribution is 7.91. The van der Waals surface area contributed by atoms with E-state index in [1.165, 1.54) is 0 Å². The third-order valence-corrected chi connectivity index (χ3v) is 6.16. The molecule has 0 radical (unpaired) electrons. The molecule has 138 valence electrons. The summed E-state index contributed by atoms with van der Waals surface area (Å²) in [7, 11) is -3.13. The van der Waals surface area contributed by atoms with E-state index in [1.807, 2.05) is 0 Å². The molecule has 2 aliphatic rings. The first-order valence-corrected chi connectivity index (χ1v) is 9.65. The van der Waals surface area contributed by atoms with Gasteiger partial charge in [-0.25, -0.2) is 13.4 Å². The molecule has 2 atom stereocenters. The Labute approximate surface area is 142 Å². The molecule has 3 heterocycles. The molecule has 1 aromatic heterocycles. The first-order valence-electron chi connectivity index (χ1n) is 7.83. The number of sulfone groups is 1. The molecule has 0 bridgehead atoms. The van der Waals surface area contributed by atoms with E-state index in [0.717, 1.165) is 12.1 Å². The lowest BCUT2D eigenvalue weighted by atomic mass is 10.1. The Bertz CT molecular complexity index is 749. The van der Waals surface area contributed by atoms with Gasteiger partial charge < -0.3 is 9.64 Å². The molecule has 0 aliphatic carbocycles. The van der Waals surface area contributed by atoms with Crippen LogP contribution < -0.4 is 4.74 Å². The fourth-order valence-electron chi connectivity index (χ4n) is 3.06. The van der Waals surface area contributed by atoms with Crippen LogP contribution in [0.1, 0.15) is 18.4 Å². The van der Waals surface area contributed by atoms with E-state index in [-0.39, 0.29) is 35.9 Å². The molecule has 3 rings (SSSR count). The van der Waals surface area contributed by atoms with Crippen molar-refractivity contribution in [3.05, 3.63) is 23.9 Å². The predicted octanol–water partition coefficient (Wildman–Crippen LogP) is 1.51. The van der Waals surface area contributed by atoms with Crippen molar-refractivity contribution >= 4 is 15.7 Å². The van der Waals surface area contributed by atoms with Crippen LogP contribution in [0, 0.1) is 5.92 Å². The smallest absolute Gasteiger partial charge is 0.417 e. The van der Waals surface area contributed by atoms with Crippen LogP contribution in [-0.2, 0) is 20.8 Å². The van der Waals surface area contributed by atoms with E-state index in [4.69, 9.17) is 4.74 Å². The molecule has 2 aliphatic heterocycles. The highest BCUT2D eigenvalue weighted by Gasteiger charge is 2.38. The van der Waals surface area contributed by atoms with Gasteiger partial charge in [-0.05, 0) is 12.5 Å². The van der Waals surface area contributed by atoms with E-state index >= 15 is 0 Å². The lowest BCUT2D eigenvalue weighted by molar-refractivity contribution is -0.138. The van der Waals surface area contributed by atoms with E-state index in [0.29, 0.717) is 25.6 Å². The van der Waals surface area contributed by atoms with Gasteiger partial charge in [-0.2, -0.15) is 13.2 Å². The topological polar surface area (TPSA) is 76.6 Å². The molecule has 6 nitrogen and oxygen atoms in total. The zero-order chi connectivity index (χ0) is 18.2. The van der Waals surface area contributed by atoms with Crippen LogP contribution in [0.3, 0.4) is 0 Å². The number of pyridine rings is 1. The Balaban J connectivity index is 1.55. The largest absolute Gasteiger partial charge is 0.472 e. The van der Waals surface area contributed by atoms with Crippen LogP contribution in [0.2, 0.25) is 0 Å². The highest BCUT2D eigenvalue weighted by Crippen LogP contribution is 2.30. The summed E-state index contributed by atoms with van der Waals surface area (Å²) in [6.07, 6.45) is -3.26. The number of hydrogen-bond acceptors (Lipinski definition) is 5. The number of hydrogen-bond donors (Lipinski definition) is 0. The molecule has 10 heteroatoms. The molecule has 1 aromatic rings. The number of ether oxygens (including phenoxy) is 1. The number of nitrogens with zero attached hydrogens (tertiary/aromatic N) is 2. The molecule has 2 saturated heterocycles. The normalized spacial score (nSPS) is 26.0. The molecule has 2 fully saturated rings. The first-order chi connectivity index (χ1) is 11.6. The van der Waals surface area contributed by atoms with Gasteiger partial charge in [0.25, 0.3) is 0 Å². The van der Waals surface area contributed by atoms with Gasteiger partial charge in [-0.15, -0.1) is 0 Å².